The van der Waals surface area contributed by atoms with Crippen molar-refractivity contribution in [3.8, 4) is 0 Å². The summed E-state index contributed by atoms with van der Waals surface area (Å²) in [5.74, 6) is -8.05. The van der Waals surface area contributed by atoms with Gasteiger partial charge >= 0.3 is 23.9 Å². The molecule has 0 saturated heterocycles. The molecule has 162 valence electrons. The zero-order chi connectivity index (χ0) is 22.3. The van der Waals surface area contributed by atoms with Crippen molar-refractivity contribution in [2.45, 2.75) is 18.8 Å². The normalized spacial score (nSPS) is 13.1. The maximum atomic E-state index is 13.2. The van der Waals surface area contributed by atoms with Gasteiger partial charge in [0.25, 0.3) is 0 Å². The van der Waals surface area contributed by atoms with Gasteiger partial charge in [-0.2, -0.15) is 0 Å². The predicted octanol–water partition coefficient (Wildman–Crippen LogP) is 0.325. The first-order chi connectivity index (χ1) is 14.4. The van der Waals surface area contributed by atoms with Crippen LogP contribution in [0.2, 0.25) is 0 Å². The molecule has 30 heavy (non-hydrogen) atoms. The van der Waals surface area contributed by atoms with Gasteiger partial charge in [0.1, 0.15) is 11.8 Å². The molecule has 0 unspecified atom stereocenters. The van der Waals surface area contributed by atoms with E-state index in [9.17, 15) is 19.2 Å². The number of carbonyl (C=O) groups excluding carboxylic acids is 4. The van der Waals surface area contributed by atoms with Crippen LogP contribution in [0.15, 0.2) is 10.8 Å². The maximum absolute atomic E-state index is 13.2. The largest absolute Gasteiger partial charge is 0.468 e. The second kappa shape index (κ2) is 10.2. The van der Waals surface area contributed by atoms with Crippen LogP contribution in [0.5, 0.6) is 0 Å². The van der Waals surface area contributed by atoms with Gasteiger partial charge in [-0.15, -0.1) is 10.2 Å². The molecule has 0 bridgehead atoms. The van der Waals surface area contributed by atoms with Crippen molar-refractivity contribution in [1.29, 1.82) is 0 Å². The third-order valence-electron chi connectivity index (χ3n) is 4.26. The first-order valence-corrected chi connectivity index (χ1v) is 10.0. The fourth-order valence-electron chi connectivity index (χ4n) is 3.08. The van der Waals surface area contributed by atoms with E-state index in [4.69, 9.17) is 18.9 Å². The van der Waals surface area contributed by atoms with Crippen molar-refractivity contribution in [1.82, 2.24) is 19.2 Å². The Hall–Kier alpha value is -3.00. The Balaban J connectivity index is 2.95. The fraction of sp³-hybridized carbons (Fsp3) is 0.500. The molecule has 2 heterocycles. The van der Waals surface area contributed by atoms with Crippen molar-refractivity contribution >= 4 is 46.9 Å². The molecule has 2 aromatic heterocycles. The van der Waals surface area contributed by atoms with Gasteiger partial charge in [0.15, 0.2) is 0 Å². The summed E-state index contributed by atoms with van der Waals surface area (Å²) in [4.78, 5) is 52.3. The van der Waals surface area contributed by atoms with Crippen molar-refractivity contribution in [3.63, 3.8) is 0 Å². The van der Waals surface area contributed by atoms with E-state index in [-0.39, 0.29) is 18.0 Å². The molecule has 12 nitrogen and oxygen atoms in total. The molecule has 0 aliphatic heterocycles. The molecule has 0 aromatic carbocycles. The average molecular weight is 458 g/mol. The summed E-state index contributed by atoms with van der Waals surface area (Å²) in [5, 5.41) is 10.3. The Bertz CT molecular complexity index is 871. The van der Waals surface area contributed by atoms with Crippen LogP contribution in [0, 0.1) is 5.41 Å². The fourth-order valence-corrected chi connectivity index (χ4v) is 4.04. The maximum Gasteiger partial charge on any atom is 0.325 e. The minimum atomic E-state index is -2.62. The third-order valence-corrected chi connectivity index (χ3v) is 5.31. The number of carbonyl (C=O) groups is 4. The van der Waals surface area contributed by atoms with E-state index < -0.39 is 41.1 Å². The summed E-state index contributed by atoms with van der Waals surface area (Å²) in [6.07, 6.45) is 0. The SMILES string of the molecule is CCOC(=O)[C@H](c1csnn1)C(C(=O)OC)(C(=O)OC)[C@H](C(=O)OC)c1csnn1. The quantitative estimate of drug-likeness (QED) is 0.288. The average Bonchev–Trinajstić information content (AvgIpc) is 3.46. The number of ether oxygens (including phenoxy) is 4. The van der Waals surface area contributed by atoms with Crippen LogP contribution < -0.4 is 0 Å². The summed E-state index contributed by atoms with van der Waals surface area (Å²) in [6, 6.07) is 0. The zero-order valence-electron chi connectivity index (χ0n) is 16.4. The Labute approximate surface area is 178 Å². The van der Waals surface area contributed by atoms with Crippen LogP contribution >= 0.6 is 23.1 Å². The van der Waals surface area contributed by atoms with Gasteiger partial charge in [-0.25, -0.2) is 0 Å². The van der Waals surface area contributed by atoms with Gasteiger partial charge in [-0.3, -0.25) is 19.2 Å². The molecular formula is C16H18N4O8S2. The molecule has 2 atom stereocenters. The number of hydrogen-bond donors (Lipinski definition) is 0. The van der Waals surface area contributed by atoms with E-state index in [2.05, 4.69) is 19.2 Å². The van der Waals surface area contributed by atoms with Crippen molar-refractivity contribution in [2.75, 3.05) is 27.9 Å². The van der Waals surface area contributed by atoms with Gasteiger partial charge in [-0.1, -0.05) is 8.98 Å². The number of aromatic nitrogens is 4. The van der Waals surface area contributed by atoms with Gasteiger partial charge in [0.2, 0.25) is 5.41 Å². The standard InChI is InChI=1S/C16H18N4O8S2/c1-5-28-13(22)11(9-7-30-20-18-9)16(14(23)26-3,15(24)27-4)10(12(21)25-2)8-6-29-19-17-8/h6-7,10-11H,5H2,1-4H3/t10-,11-/m0/s1. The minimum Gasteiger partial charge on any atom is -0.468 e. The van der Waals surface area contributed by atoms with Crippen LogP contribution in [-0.2, 0) is 38.1 Å². The smallest absolute Gasteiger partial charge is 0.325 e. The lowest BCUT2D eigenvalue weighted by Gasteiger charge is -2.37. The Kier molecular flexibility index (Phi) is 7.88. The van der Waals surface area contributed by atoms with E-state index in [1.54, 1.807) is 0 Å². The van der Waals surface area contributed by atoms with E-state index in [1.165, 1.54) is 17.7 Å². The summed E-state index contributed by atoms with van der Waals surface area (Å²) in [6.45, 7) is 1.46. The summed E-state index contributed by atoms with van der Waals surface area (Å²) in [7, 11) is 3.04. The monoisotopic (exact) mass is 458 g/mol. The van der Waals surface area contributed by atoms with Crippen molar-refractivity contribution in [2.24, 2.45) is 5.41 Å². The molecule has 0 amide bonds. The second-order valence-electron chi connectivity index (χ2n) is 5.65. The highest BCUT2D eigenvalue weighted by Gasteiger charge is 2.67. The first-order valence-electron chi connectivity index (χ1n) is 8.35. The van der Waals surface area contributed by atoms with Crippen molar-refractivity contribution < 1.29 is 38.1 Å². The lowest BCUT2D eigenvalue weighted by Crippen LogP contribution is -2.55. The molecule has 0 fully saturated rings. The van der Waals surface area contributed by atoms with Crippen LogP contribution in [0.3, 0.4) is 0 Å². The number of nitrogens with zero attached hydrogens (tertiary/aromatic N) is 4. The number of esters is 4. The highest BCUT2D eigenvalue weighted by atomic mass is 32.1. The molecule has 0 aliphatic carbocycles. The predicted molar refractivity (Wildman–Crippen MR) is 100 cm³/mol. The van der Waals surface area contributed by atoms with Crippen molar-refractivity contribution in [3.05, 3.63) is 22.1 Å². The highest BCUT2D eigenvalue weighted by Crippen LogP contribution is 2.50. The van der Waals surface area contributed by atoms with Gasteiger partial charge in [-0.05, 0) is 30.0 Å². The van der Waals surface area contributed by atoms with Gasteiger partial charge in [0.05, 0.1) is 39.3 Å². The third kappa shape index (κ3) is 4.00. The number of rotatable bonds is 9. The number of methoxy groups -OCH3 is 3. The molecule has 2 rings (SSSR count). The summed E-state index contributed by atoms with van der Waals surface area (Å²) in [5.41, 5.74) is -2.81. The lowest BCUT2D eigenvalue weighted by atomic mass is 9.64. The lowest BCUT2D eigenvalue weighted by molar-refractivity contribution is -0.183. The number of hydrogen-bond acceptors (Lipinski definition) is 14. The molecule has 0 saturated carbocycles. The molecule has 0 N–H and O–H groups in total. The topological polar surface area (TPSA) is 157 Å². The molecular weight excluding hydrogens is 440 g/mol. The Morgan fingerprint density at radius 2 is 1.33 bits per heavy atom. The van der Waals surface area contributed by atoms with E-state index >= 15 is 0 Å². The molecule has 2 aromatic rings. The summed E-state index contributed by atoms with van der Waals surface area (Å²) >= 11 is 1.73. The van der Waals surface area contributed by atoms with E-state index in [0.717, 1.165) is 44.4 Å². The summed E-state index contributed by atoms with van der Waals surface area (Å²) < 4.78 is 27.1. The van der Waals surface area contributed by atoms with Crippen LogP contribution in [0.4, 0.5) is 0 Å². The zero-order valence-corrected chi connectivity index (χ0v) is 18.0. The first kappa shape index (κ1) is 23.3. The minimum absolute atomic E-state index is 0.0769. The Morgan fingerprint density at radius 3 is 1.67 bits per heavy atom. The van der Waals surface area contributed by atoms with E-state index in [1.807, 2.05) is 0 Å². The van der Waals surface area contributed by atoms with Crippen LogP contribution in [-0.4, -0.2) is 71.0 Å². The van der Waals surface area contributed by atoms with Gasteiger partial charge < -0.3 is 18.9 Å². The Morgan fingerprint density at radius 1 is 0.867 bits per heavy atom. The molecule has 0 radical (unpaired) electrons. The highest BCUT2D eigenvalue weighted by molar-refractivity contribution is 7.03. The second-order valence-corrected chi connectivity index (χ2v) is 6.87. The molecule has 0 spiro atoms. The molecule has 0 aliphatic rings. The van der Waals surface area contributed by atoms with E-state index in [0.29, 0.717) is 0 Å². The molecule has 14 heteroatoms. The van der Waals surface area contributed by atoms with Gasteiger partial charge in [0, 0.05) is 10.8 Å². The van der Waals surface area contributed by atoms with Crippen LogP contribution in [0.1, 0.15) is 30.1 Å². The van der Waals surface area contributed by atoms with Crippen LogP contribution in [0.25, 0.3) is 0 Å².